The maximum absolute atomic E-state index is 11.9. The van der Waals surface area contributed by atoms with Crippen molar-refractivity contribution in [3.63, 3.8) is 0 Å². The van der Waals surface area contributed by atoms with Crippen LogP contribution < -0.4 is 5.32 Å². The molecular weight excluding hydrogens is 212 g/mol. The summed E-state index contributed by atoms with van der Waals surface area (Å²) < 4.78 is 4.41. The van der Waals surface area contributed by atoms with E-state index >= 15 is 0 Å². The maximum Gasteiger partial charge on any atom is 0.407 e. The predicted octanol–water partition coefficient (Wildman–Crippen LogP) is -0.286. The second-order valence-corrected chi connectivity index (χ2v) is 3.89. The van der Waals surface area contributed by atoms with Crippen molar-refractivity contribution in [3.05, 3.63) is 0 Å². The van der Waals surface area contributed by atoms with Crippen LogP contribution in [0.15, 0.2) is 0 Å². The van der Waals surface area contributed by atoms with Gasteiger partial charge in [0.2, 0.25) is 5.91 Å². The van der Waals surface area contributed by atoms with Crippen LogP contribution in [0.4, 0.5) is 4.79 Å². The first-order valence-corrected chi connectivity index (χ1v) is 5.37. The van der Waals surface area contributed by atoms with Gasteiger partial charge in [-0.2, -0.15) is 0 Å². The number of methoxy groups -OCH3 is 1. The zero-order valence-corrected chi connectivity index (χ0v) is 9.60. The SMILES string of the molecule is COC(=O)N[C@H](C(=O)N1CCCC1)[C@@H](C)O. The molecule has 1 heterocycles. The monoisotopic (exact) mass is 230 g/mol. The van der Waals surface area contributed by atoms with E-state index in [4.69, 9.17) is 0 Å². The van der Waals surface area contributed by atoms with Gasteiger partial charge in [-0.15, -0.1) is 0 Å². The molecule has 0 aromatic heterocycles. The molecule has 0 radical (unpaired) electrons. The Morgan fingerprint density at radius 3 is 2.38 bits per heavy atom. The Hall–Kier alpha value is -1.30. The number of aliphatic hydroxyl groups excluding tert-OH is 1. The number of hydrogen-bond acceptors (Lipinski definition) is 4. The fourth-order valence-corrected chi connectivity index (χ4v) is 1.71. The van der Waals surface area contributed by atoms with Gasteiger partial charge in [0.15, 0.2) is 0 Å². The number of amides is 2. The summed E-state index contributed by atoms with van der Waals surface area (Å²) in [4.78, 5) is 24.6. The first kappa shape index (κ1) is 12.8. The Kier molecular flexibility index (Phi) is 4.54. The smallest absolute Gasteiger partial charge is 0.407 e. The zero-order chi connectivity index (χ0) is 12.1. The summed E-state index contributed by atoms with van der Waals surface area (Å²) >= 11 is 0. The van der Waals surface area contributed by atoms with Crippen LogP contribution in [-0.2, 0) is 9.53 Å². The standard InChI is InChI=1S/C10H18N2O4/c1-7(13)8(11-10(15)16-2)9(14)12-5-3-4-6-12/h7-8,13H,3-6H2,1-2H3,(H,11,15)/t7-,8+/m1/s1. The molecule has 0 unspecified atom stereocenters. The van der Waals surface area contributed by atoms with Crippen molar-refractivity contribution in [2.75, 3.05) is 20.2 Å². The van der Waals surface area contributed by atoms with Crippen molar-refractivity contribution in [2.45, 2.75) is 31.9 Å². The van der Waals surface area contributed by atoms with Gasteiger partial charge in [0.05, 0.1) is 13.2 Å². The maximum atomic E-state index is 11.9. The van der Waals surface area contributed by atoms with Gasteiger partial charge < -0.3 is 20.1 Å². The van der Waals surface area contributed by atoms with Crippen LogP contribution in [0.2, 0.25) is 0 Å². The first-order chi connectivity index (χ1) is 7.56. The number of nitrogens with zero attached hydrogens (tertiary/aromatic N) is 1. The molecule has 1 saturated heterocycles. The van der Waals surface area contributed by atoms with Crippen LogP contribution in [0.3, 0.4) is 0 Å². The van der Waals surface area contributed by atoms with Crippen LogP contribution in [0.1, 0.15) is 19.8 Å². The van der Waals surface area contributed by atoms with Crippen LogP contribution in [0.25, 0.3) is 0 Å². The van der Waals surface area contributed by atoms with E-state index in [0.29, 0.717) is 13.1 Å². The average molecular weight is 230 g/mol. The second kappa shape index (κ2) is 5.69. The fourth-order valence-electron chi connectivity index (χ4n) is 1.71. The molecule has 6 nitrogen and oxygen atoms in total. The molecule has 0 aliphatic carbocycles. The molecule has 2 N–H and O–H groups in total. The number of rotatable bonds is 3. The molecule has 6 heteroatoms. The minimum absolute atomic E-state index is 0.252. The third kappa shape index (κ3) is 3.10. The van der Waals surface area contributed by atoms with Gasteiger partial charge in [-0.1, -0.05) is 0 Å². The van der Waals surface area contributed by atoms with Gasteiger partial charge >= 0.3 is 6.09 Å². The minimum atomic E-state index is -0.938. The molecule has 1 aliphatic rings. The molecule has 1 fully saturated rings. The molecular formula is C10H18N2O4. The Morgan fingerprint density at radius 2 is 1.94 bits per heavy atom. The van der Waals surface area contributed by atoms with Crippen LogP contribution in [0.5, 0.6) is 0 Å². The lowest BCUT2D eigenvalue weighted by Gasteiger charge is -2.25. The van der Waals surface area contributed by atoms with Crippen LogP contribution in [0, 0.1) is 0 Å². The van der Waals surface area contributed by atoms with E-state index in [1.807, 2.05) is 0 Å². The number of alkyl carbamates (subject to hydrolysis) is 1. The summed E-state index contributed by atoms with van der Waals surface area (Å²) in [7, 11) is 1.22. The van der Waals surface area contributed by atoms with Crippen molar-refractivity contribution in [1.29, 1.82) is 0 Å². The molecule has 0 aromatic carbocycles. The molecule has 0 saturated carbocycles. The van der Waals surface area contributed by atoms with E-state index in [1.165, 1.54) is 14.0 Å². The van der Waals surface area contributed by atoms with E-state index in [-0.39, 0.29) is 5.91 Å². The van der Waals surface area contributed by atoms with Crippen LogP contribution in [-0.4, -0.2) is 54.4 Å². The van der Waals surface area contributed by atoms with E-state index in [1.54, 1.807) is 4.90 Å². The summed E-state index contributed by atoms with van der Waals surface area (Å²) in [5, 5.41) is 11.8. The van der Waals surface area contributed by atoms with Crippen LogP contribution >= 0.6 is 0 Å². The van der Waals surface area contributed by atoms with Gasteiger partial charge in [-0.3, -0.25) is 4.79 Å². The lowest BCUT2D eigenvalue weighted by Crippen LogP contribution is -2.53. The largest absolute Gasteiger partial charge is 0.453 e. The minimum Gasteiger partial charge on any atom is -0.453 e. The first-order valence-electron chi connectivity index (χ1n) is 5.37. The van der Waals surface area contributed by atoms with Crippen molar-refractivity contribution in [1.82, 2.24) is 10.2 Å². The predicted molar refractivity (Wildman–Crippen MR) is 56.8 cm³/mol. The summed E-state index contributed by atoms with van der Waals surface area (Å²) in [6.07, 6.45) is 0.290. The topological polar surface area (TPSA) is 78.9 Å². The molecule has 16 heavy (non-hydrogen) atoms. The second-order valence-electron chi connectivity index (χ2n) is 3.89. The van der Waals surface area contributed by atoms with Gasteiger partial charge in [0.25, 0.3) is 0 Å². The highest BCUT2D eigenvalue weighted by atomic mass is 16.5. The van der Waals surface area contributed by atoms with E-state index in [0.717, 1.165) is 12.8 Å². The third-order valence-corrected chi connectivity index (χ3v) is 2.62. The number of nitrogens with one attached hydrogen (secondary N) is 1. The summed E-state index contributed by atoms with van der Waals surface area (Å²) in [5.41, 5.74) is 0. The highest BCUT2D eigenvalue weighted by Crippen LogP contribution is 2.10. The lowest BCUT2D eigenvalue weighted by molar-refractivity contribution is -0.134. The molecule has 92 valence electrons. The number of hydrogen-bond donors (Lipinski definition) is 2. The number of carbonyl (C=O) groups is 2. The van der Waals surface area contributed by atoms with Gasteiger partial charge in [0.1, 0.15) is 6.04 Å². The zero-order valence-electron chi connectivity index (χ0n) is 9.60. The number of aliphatic hydroxyl groups is 1. The number of likely N-dealkylation sites (tertiary alicyclic amines) is 1. The van der Waals surface area contributed by atoms with Gasteiger partial charge in [-0.25, -0.2) is 4.79 Å². The molecule has 1 aliphatic heterocycles. The Balaban J connectivity index is 2.61. The molecule has 0 aromatic rings. The van der Waals surface area contributed by atoms with E-state index in [2.05, 4.69) is 10.1 Å². The Labute approximate surface area is 94.6 Å². The quantitative estimate of drug-likeness (QED) is 0.698. The highest BCUT2D eigenvalue weighted by molar-refractivity contribution is 5.86. The van der Waals surface area contributed by atoms with Gasteiger partial charge in [0, 0.05) is 13.1 Å². The van der Waals surface area contributed by atoms with E-state index in [9.17, 15) is 14.7 Å². The molecule has 0 spiro atoms. The normalized spacial score (nSPS) is 19.1. The highest BCUT2D eigenvalue weighted by Gasteiger charge is 2.31. The molecule has 2 atom stereocenters. The molecule has 0 bridgehead atoms. The van der Waals surface area contributed by atoms with Crippen molar-refractivity contribution in [2.24, 2.45) is 0 Å². The number of ether oxygens (including phenoxy) is 1. The summed E-state index contributed by atoms with van der Waals surface area (Å²) in [6, 6.07) is -0.925. The molecule has 1 rings (SSSR count). The average Bonchev–Trinajstić information content (AvgIpc) is 2.77. The summed E-state index contributed by atoms with van der Waals surface area (Å²) in [6.45, 7) is 2.84. The number of carbonyl (C=O) groups excluding carboxylic acids is 2. The van der Waals surface area contributed by atoms with Gasteiger partial charge in [-0.05, 0) is 19.8 Å². The lowest BCUT2D eigenvalue weighted by atomic mass is 10.1. The molecule has 2 amide bonds. The van der Waals surface area contributed by atoms with Crippen molar-refractivity contribution < 1.29 is 19.4 Å². The van der Waals surface area contributed by atoms with Crippen molar-refractivity contribution in [3.8, 4) is 0 Å². The van der Waals surface area contributed by atoms with E-state index < -0.39 is 18.2 Å². The third-order valence-electron chi connectivity index (χ3n) is 2.62. The summed E-state index contributed by atoms with van der Waals surface area (Å²) in [5.74, 6) is -0.252. The Morgan fingerprint density at radius 1 is 1.38 bits per heavy atom. The fraction of sp³-hybridized carbons (Fsp3) is 0.800. The Bertz CT molecular complexity index is 262. The van der Waals surface area contributed by atoms with Crippen molar-refractivity contribution >= 4 is 12.0 Å².